The van der Waals surface area contributed by atoms with Crippen molar-refractivity contribution < 1.29 is 14.0 Å². The fourth-order valence-corrected chi connectivity index (χ4v) is 3.24. The van der Waals surface area contributed by atoms with E-state index in [0.29, 0.717) is 36.6 Å². The van der Waals surface area contributed by atoms with Gasteiger partial charge in [-0.1, -0.05) is 5.16 Å². The maximum Gasteiger partial charge on any atom is 0.220 e. The predicted octanol–water partition coefficient (Wildman–Crippen LogP) is 0.626. The van der Waals surface area contributed by atoms with E-state index in [0.717, 1.165) is 23.0 Å². The van der Waals surface area contributed by atoms with Gasteiger partial charge in [-0.25, -0.2) is 0 Å². The standard InChI is InChI=1S/C19H24N8O3/c1-11-7-12(26-30-11)9-21-18-17-13(22-19(20-2)25-18)5-6-27(17)10-14-23-15(28-3)8-16(24-14)29-4/h5-8,13,21H,9-10H2,1-4H3,(H2,20,22,25). The minimum absolute atomic E-state index is 0.0426. The zero-order chi connectivity index (χ0) is 21.1. The lowest BCUT2D eigenvalue weighted by atomic mass is 10.2. The number of guanidine groups is 1. The predicted molar refractivity (Wildman–Crippen MR) is 108 cm³/mol. The van der Waals surface area contributed by atoms with Crippen LogP contribution in [0.3, 0.4) is 0 Å². The Morgan fingerprint density at radius 3 is 2.60 bits per heavy atom. The molecule has 0 amide bonds. The molecular formula is C19H24N8O3. The van der Waals surface area contributed by atoms with E-state index in [1.165, 1.54) is 0 Å². The van der Waals surface area contributed by atoms with Crippen LogP contribution >= 0.6 is 0 Å². The molecule has 0 aliphatic carbocycles. The van der Waals surface area contributed by atoms with E-state index < -0.39 is 0 Å². The van der Waals surface area contributed by atoms with E-state index in [-0.39, 0.29) is 6.04 Å². The lowest BCUT2D eigenvalue weighted by molar-refractivity contribution is 0.358. The van der Waals surface area contributed by atoms with Crippen LogP contribution < -0.4 is 25.4 Å². The van der Waals surface area contributed by atoms with Gasteiger partial charge < -0.3 is 34.8 Å². The van der Waals surface area contributed by atoms with Gasteiger partial charge in [0.1, 0.15) is 11.5 Å². The van der Waals surface area contributed by atoms with E-state index in [9.17, 15) is 0 Å². The van der Waals surface area contributed by atoms with Gasteiger partial charge in [0, 0.05) is 19.3 Å². The second kappa shape index (κ2) is 8.31. The molecule has 1 atom stereocenters. The number of nitrogens with zero attached hydrogens (tertiary/aromatic N) is 5. The molecule has 4 heterocycles. The van der Waals surface area contributed by atoms with Crippen molar-refractivity contribution >= 4 is 5.96 Å². The van der Waals surface area contributed by atoms with Crippen molar-refractivity contribution in [2.45, 2.75) is 26.1 Å². The number of aromatic nitrogens is 3. The van der Waals surface area contributed by atoms with Crippen LogP contribution in [-0.4, -0.2) is 53.3 Å². The molecule has 2 aliphatic heterocycles. The van der Waals surface area contributed by atoms with Crippen molar-refractivity contribution in [3.63, 3.8) is 0 Å². The summed E-state index contributed by atoms with van der Waals surface area (Å²) in [4.78, 5) is 15.6. The summed E-state index contributed by atoms with van der Waals surface area (Å²) in [5.41, 5.74) is 1.76. The quantitative estimate of drug-likeness (QED) is 0.597. The first-order chi connectivity index (χ1) is 14.6. The van der Waals surface area contributed by atoms with Gasteiger partial charge in [-0.2, -0.15) is 15.0 Å². The number of methoxy groups -OCH3 is 2. The smallest absolute Gasteiger partial charge is 0.220 e. The number of hydrogen-bond acceptors (Lipinski definition) is 11. The highest BCUT2D eigenvalue weighted by atomic mass is 16.5. The maximum absolute atomic E-state index is 5.26. The molecule has 30 heavy (non-hydrogen) atoms. The SMILES string of the molecule is CNC1=NC(NCc2cc(C)on2)=C2C(C=CN2Cc2nc(OC)cc(OC)n2)N1. The first-order valence-corrected chi connectivity index (χ1v) is 9.43. The Labute approximate surface area is 173 Å². The fourth-order valence-electron chi connectivity index (χ4n) is 3.24. The summed E-state index contributed by atoms with van der Waals surface area (Å²) in [5, 5.41) is 13.8. The Hall–Kier alpha value is -3.76. The van der Waals surface area contributed by atoms with E-state index in [2.05, 4.69) is 42.1 Å². The van der Waals surface area contributed by atoms with Crippen LogP contribution in [0.15, 0.2) is 45.4 Å². The Kier molecular flexibility index (Phi) is 5.42. The zero-order valence-electron chi connectivity index (χ0n) is 17.3. The van der Waals surface area contributed by atoms with Crippen LogP contribution in [0.1, 0.15) is 17.3 Å². The molecule has 0 aromatic carbocycles. The van der Waals surface area contributed by atoms with Crippen molar-refractivity contribution in [1.82, 2.24) is 36.0 Å². The zero-order valence-corrected chi connectivity index (χ0v) is 17.3. The lowest BCUT2D eigenvalue weighted by Crippen LogP contribution is -2.47. The third kappa shape index (κ3) is 4.00. The van der Waals surface area contributed by atoms with Gasteiger partial charge in [-0.3, -0.25) is 0 Å². The van der Waals surface area contributed by atoms with Gasteiger partial charge in [-0.05, 0) is 13.0 Å². The first kappa shape index (κ1) is 19.6. The molecule has 0 saturated carbocycles. The molecule has 0 saturated heterocycles. The number of aryl methyl sites for hydroxylation is 1. The average molecular weight is 412 g/mol. The summed E-state index contributed by atoms with van der Waals surface area (Å²) < 4.78 is 15.7. The van der Waals surface area contributed by atoms with E-state index in [1.807, 2.05) is 31.1 Å². The van der Waals surface area contributed by atoms with Crippen molar-refractivity contribution in [3.8, 4) is 11.8 Å². The third-order valence-electron chi connectivity index (χ3n) is 4.63. The Morgan fingerprint density at radius 2 is 1.97 bits per heavy atom. The molecule has 11 heteroatoms. The number of aliphatic imine (C=N–C) groups is 1. The largest absolute Gasteiger partial charge is 0.481 e. The van der Waals surface area contributed by atoms with E-state index in [4.69, 9.17) is 14.0 Å². The Balaban J connectivity index is 1.61. The van der Waals surface area contributed by atoms with Crippen molar-refractivity contribution in [3.05, 3.63) is 53.2 Å². The highest BCUT2D eigenvalue weighted by molar-refractivity contribution is 5.83. The molecule has 11 nitrogen and oxygen atoms in total. The number of rotatable bonds is 7. The molecule has 0 spiro atoms. The molecule has 0 fully saturated rings. The summed E-state index contributed by atoms with van der Waals surface area (Å²) in [5.74, 6) is 3.63. The summed E-state index contributed by atoms with van der Waals surface area (Å²) in [6.45, 7) is 2.78. The van der Waals surface area contributed by atoms with Gasteiger partial charge in [0.15, 0.2) is 17.6 Å². The molecule has 0 radical (unpaired) electrons. The summed E-state index contributed by atoms with van der Waals surface area (Å²) in [6.07, 6.45) is 4.04. The average Bonchev–Trinajstić information content (AvgIpc) is 3.37. The molecule has 2 aromatic heterocycles. The molecule has 2 aromatic rings. The molecule has 0 bridgehead atoms. The van der Waals surface area contributed by atoms with E-state index in [1.54, 1.807) is 20.3 Å². The van der Waals surface area contributed by atoms with Gasteiger partial charge in [0.2, 0.25) is 11.8 Å². The van der Waals surface area contributed by atoms with Crippen LogP contribution in [0.4, 0.5) is 0 Å². The van der Waals surface area contributed by atoms with Crippen molar-refractivity contribution in [2.24, 2.45) is 4.99 Å². The number of fused-ring (bicyclic) bond motifs is 1. The normalized spacial score (nSPS) is 17.4. The fraction of sp³-hybridized carbons (Fsp3) is 0.368. The lowest BCUT2D eigenvalue weighted by Gasteiger charge is -2.29. The Bertz CT molecular complexity index is 991. The second-order valence-corrected chi connectivity index (χ2v) is 6.69. The third-order valence-corrected chi connectivity index (χ3v) is 4.63. The number of hydrogen-bond donors (Lipinski definition) is 3. The minimum Gasteiger partial charge on any atom is -0.481 e. The molecular weight excluding hydrogens is 388 g/mol. The monoisotopic (exact) mass is 412 g/mol. The van der Waals surface area contributed by atoms with E-state index >= 15 is 0 Å². The molecule has 1 unspecified atom stereocenters. The summed E-state index contributed by atoms with van der Waals surface area (Å²) >= 11 is 0. The van der Waals surface area contributed by atoms with Gasteiger partial charge in [0.05, 0.1) is 45.1 Å². The highest BCUT2D eigenvalue weighted by Crippen LogP contribution is 2.27. The Morgan fingerprint density at radius 1 is 1.20 bits per heavy atom. The minimum atomic E-state index is -0.0426. The van der Waals surface area contributed by atoms with Crippen LogP contribution in [0.2, 0.25) is 0 Å². The second-order valence-electron chi connectivity index (χ2n) is 6.69. The van der Waals surface area contributed by atoms with Crippen LogP contribution in [-0.2, 0) is 13.1 Å². The summed E-state index contributed by atoms with van der Waals surface area (Å²) in [7, 11) is 4.95. The van der Waals surface area contributed by atoms with Crippen molar-refractivity contribution in [2.75, 3.05) is 21.3 Å². The maximum atomic E-state index is 5.26. The highest BCUT2D eigenvalue weighted by Gasteiger charge is 2.31. The molecule has 2 aliphatic rings. The number of ether oxygens (including phenoxy) is 2. The molecule has 158 valence electrons. The topological polar surface area (TPSA) is 122 Å². The van der Waals surface area contributed by atoms with Gasteiger partial charge in [0.25, 0.3) is 0 Å². The first-order valence-electron chi connectivity index (χ1n) is 9.43. The van der Waals surface area contributed by atoms with Gasteiger partial charge >= 0.3 is 0 Å². The van der Waals surface area contributed by atoms with Crippen LogP contribution in [0.25, 0.3) is 0 Å². The van der Waals surface area contributed by atoms with Gasteiger partial charge in [-0.15, -0.1) is 0 Å². The van der Waals surface area contributed by atoms with Crippen LogP contribution in [0.5, 0.6) is 11.8 Å². The van der Waals surface area contributed by atoms with Crippen molar-refractivity contribution in [1.29, 1.82) is 0 Å². The number of nitrogens with one attached hydrogen (secondary N) is 3. The molecule has 3 N–H and O–H groups in total. The summed E-state index contributed by atoms with van der Waals surface area (Å²) in [6, 6.07) is 3.49. The van der Waals surface area contributed by atoms with Crippen LogP contribution in [0, 0.1) is 6.92 Å². The molecule has 4 rings (SSSR count).